The molecule has 0 heterocycles. The molecule has 0 saturated heterocycles. The predicted octanol–water partition coefficient (Wildman–Crippen LogP) is 2.48. The average Bonchev–Trinajstić information content (AvgIpc) is 2.41. The van der Waals surface area contributed by atoms with Crippen LogP contribution in [-0.2, 0) is 10.0 Å². The summed E-state index contributed by atoms with van der Waals surface area (Å²) in [6.07, 6.45) is 3.00. The van der Waals surface area contributed by atoms with Crippen LogP contribution in [0.15, 0.2) is 23.1 Å². The fourth-order valence-electron chi connectivity index (χ4n) is 2.52. The minimum Gasteiger partial charge on any atom is -0.393 e. The van der Waals surface area contributed by atoms with E-state index >= 15 is 0 Å². The molecule has 0 bridgehead atoms. The molecule has 1 fully saturated rings. The van der Waals surface area contributed by atoms with Gasteiger partial charge in [-0.25, -0.2) is 13.1 Å². The molecular weight excluding hydrogens is 298 g/mol. The second kappa shape index (κ2) is 6.43. The highest BCUT2D eigenvalue weighted by Crippen LogP contribution is 2.25. The Balaban J connectivity index is 2.02. The molecule has 2 rings (SSSR count). The van der Waals surface area contributed by atoms with Crippen molar-refractivity contribution in [1.82, 2.24) is 4.72 Å². The number of rotatable bonds is 4. The summed E-state index contributed by atoms with van der Waals surface area (Å²) in [6, 6.07) is 4.86. The standard InChI is InChI=1S/C14H20ClNO3S/c1-10-2-5-12(15)8-14(10)20(18,19)16-9-11-3-6-13(17)7-4-11/h2,5,8,11,13,16-17H,3-4,6-7,9H2,1H3. The zero-order valence-corrected chi connectivity index (χ0v) is 13.0. The fourth-order valence-corrected chi connectivity index (χ4v) is 4.14. The normalized spacial score (nSPS) is 23.8. The molecule has 4 nitrogen and oxygen atoms in total. The van der Waals surface area contributed by atoms with Gasteiger partial charge in [-0.1, -0.05) is 17.7 Å². The van der Waals surface area contributed by atoms with E-state index in [4.69, 9.17) is 11.6 Å². The SMILES string of the molecule is Cc1ccc(Cl)cc1S(=O)(=O)NCC1CCC(O)CC1. The van der Waals surface area contributed by atoms with E-state index in [1.165, 1.54) is 6.07 Å². The Morgan fingerprint density at radius 3 is 2.60 bits per heavy atom. The molecule has 1 aromatic carbocycles. The van der Waals surface area contributed by atoms with Crippen molar-refractivity contribution in [3.05, 3.63) is 28.8 Å². The molecule has 1 aliphatic carbocycles. The van der Waals surface area contributed by atoms with Crippen molar-refractivity contribution in [2.75, 3.05) is 6.54 Å². The first-order valence-electron chi connectivity index (χ1n) is 6.82. The number of benzene rings is 1. The van der Waals surface area contributed by atoms with E-state index in [-0.39, 0.29) is 11.0 Å². The van der Waals surface area contributed by atoms with Gasteiger partial charge < -0.3 is 5.11 Å². The lowest BCUT2D eigenvalue weighted by molar-refractivity contribution is 0.109. The van der Waals surface area contributed by atoms with Crippen LogP contribution in [0.3, 0.4) is 0 Å². The van der Waals surface area contributed by atoms with Gasteiger partial charge in [0.2, 0.25) is 10.0 Å². The van der Waals surface area contributed by atoms with Gasteiger partial charge in [-0.2, -0.15) is 0 Å². The molecule has 0 aromatic heterocycles. The monoisotopic (exact) mass is 317 g/mol. The zero-order chi connectivity index (χ0) is 14.8. The Morgan fingerprint density at radius 1 is 1.30 bits per heavy atom. The maximum atomic E-state index is 12.3. The molecule has 112 valence electrons. The van der Waals surface area contributed by atoms with E-state index in [2.05, 4.69) is 4.72 Å². The summed E-state index contributed by atoms with van der Waals surface area (Å²) in [5, 5.41) is 9.86. The van der Waals surface area contributed by atoms with Crippen LogP contribution < -0.4 is 4.72 Å². The van der Waals surface area contributed by atoms with Crippen molar-refractivity contribution >= 4 is 21.6 Å². The first-order valence-corrected chi connectivity index (χ1v) is 8.68. The second-order valence-corrected chi connectivity index (χ2v) is 7.61. The summed E-state index contributed by atoms with van der Waals surface area (Å²) >= 11 is 5.87. The summed E-state index contributed by atoms with van der Waals surface area (Å²) in [6.45, 7) is 2.17. The second-order valence-electron chi connectivity index (χ2n) is 5.44. The highest BCUT2D eigenvalue weighted by molar-refractivity contribution is 7.89. The van der Waals surface area contributed by atoms with Crippen molar-refractivity contribution in [3.63, 3.8) is 0 Å². The van der Waals surface area contributed by atoms with Gasteiger partial charge >= 0.3 is 0 Å². The third-order valence-corrected chi connectivity index (χ3v) is 5.62. The number of aliphatic hydroxyl groups excluding tert-OH is 1. The highest BCUT2D eigenvalue weighted by Gasteiger charge is 2.23. The number of hydrogen-bond donors (Lipinski definition) is 2. The molecule has 20 heavy (non-hydrogen) atoms. The molecule has 1 saturated carbocycles. The third kappa shape index (κ3) is 3.95. The smallest absolute Gasteiger partial charge is 0.240 e. The van der Waals surface area contributed by atoms with Gasteiger partial charge in [0, 0.05) is 11.6 Å². The molecule has 0 amide bonds. The molecule has 0 aliphatic heterocycles. The summed E-state index contributed by atoms with van der Waals surface area (Å²) in [7, 11) is -3.52. The average molecular weight is 318 g/mol. The number of hydrogen-bond acceptors (Lipinski definition) is 3. The van der Waals surface area contributed by atoms with Crippen molar-refractivity contribution in [2.45, 2.75) is 43.6 Å². The molecule has 0 radical (unpaired) electrons. The van der Waals surface area contributed by atoms with E-state index in [1.54, 1.807) is 19.1 Å². The summed E-state index contributed by atoms with van der Waals surface area (Å²) in [5.41, 5.74) is 0.681. The van der Waals surface area contributed by atoms with Gasteiger partial charge in [0.25, 0.3) is 0 Å². The first-order chi connectivity index (χ1) is 9.38. The Labute approximate surface area is 125 Å². The molecule has 2 N–H and O–H groups in total. The fraction of sp³-hybridized carbons (Fsp3) is 0.571. The topological polar surface area (TPSA) is 66.4 Å². The first kappa shape index (κ1) is 15.8. The van der Waals surface area contributed by atoms with E-state index in [9.17, 15) is 13.5 Å². The number of aryl methyl sites for hydroxylation is 1. The van der Waals surface area contributed by atoms with Crippen LogP contribution >= 0.6 is 11.6 Å². The maximum absolute atomic E-state index is 12.3. The molecule has 0 spiro atoms. The number of sulfonamides is 1. The van der Waals surface area contributed by atoms with E-state index in [0.717, 1.165) is 25.7 Å². The number of halogens is 1. The molecule has 0 atom stereocenters. The molecule has 6 heteroatoms. The summed E-state index contributed by atoms with van der Waals surface area (Å²) in [4.78, 5) is 0.237. The summed E-state index contributed by atoms with van der Waals surface area (Å²) in [5.74, 6) is 0.299. The lowest BCUT2D eigenvalue weighted by atomic mass is 9.88. The van der Waals surface area contributed by atoms with Gasteiger partial charge in [-0.3, -0.25) is 0 Å². The van der Waals surface area contributed by atoms with Gasteiger partial charge in [0.05, 0.1) is 11.0 Å². The van der Waals surface area contributed by atoms with Gasteiger partial charge in [-0.05, 0) is 56.2 Å². The molecule has 1 aliphatic rings. The Morgan fingerprint density at radius 2 is 1.95 bits per heavy atom. The minimum absolute atomic E-state index is 0.224. The molecule has 0 unspecified atom stereocenters. The van der Waals surface area contributed by atoms with Crippen molar-refractivity contribution in [2.24, 2.45) is 5.92 Å². The highest BCUT2D eigenvalue weighted by atomic mass is 35.5. The van der Waals surface area contributed by atoms with Crippen LogP contribution in [0.25, 0.3) is 0 Å². The summed E-state index contributed by atoms with van der Waals surface area (Å²) < 4.78 is 27.2. The lowest BCUT2D eigenvalue weighted by Gasteiger charge is -2.25. The van der Waals surface area contributed by atoms with Crippen LogP contribution in [0.2, 0.25) is 5.02 Å². The van der Waals surface area contributed by atoms with Crippen molar-refractivity contribution < 1.29 is 13.5 Å². The van der Waals surface area contributed by atoms with Crippen LogP contribution in [0.5, 0.6) is 0 Å². The number of nitrogens with one attached hydrogen (secondary N) is 1. The molecule has 1 aromatic rings. The van der Waals surface area contributed by atoms with Gasteiger partial charge in [0.15, 0.2) is 0 Å². The Hall–Kier alpha value is -0.620. The van der Waals surface area contributed by atoms with Crippen molar-refractivity contribution in [3.8, 4) is 0 Å². The largest absolute Gasteiger partial charge is 0.393 e. The van der Waals surface area contributed by atoms with E-state index in [1.807, 2.05) is 0 Å². The minimum atomic E-state index is -3.52. The van der Waals surface area contributed by atoms with Crippen LogP contribution in [0, 0.1) is 12.8 Å². The lowest BCUT2D eigenvalue weighted by Crippen LogP contribution is -2.32. The van der Waals surface area contributed by atoms with Gasteiger partial charge in [0.1, 0.15) is 0 Å². The van der Waals surface area contributed by atoms with Crippen LogP contribution in [0.1, 0.15) is 31.2 Å². The molecular formula is C14H20ClNO3S. The van der Waals surface area contributed by atoms with E-state index < -0.39 is 10.0 Å². The van der Waals surface area contributed by atoms with E-state index in [0.29, 0.717) is 23.0 Å². The Bertz CT molecular complexity index is 566. The quantitative estimate of drug-likeness (QED) is 0.896. The van der Waals surface area contributed by atoms with Gasteiger partial charge in [-0.15, -0.1) is 0 Å². The predicted molar refractivity (Wildman–Crippen MR) is 79.3 cm³/mol. The van der Waals surface area contributed by atoms with Crippen molar-refractivity contribution in [1.29, 1.82) is 0 Å². The maximum Gasteiger partial charge on any atom is 0.240 e. The number of aliphatic hydroxyl groups is 1. The zero-order valence-electron chi connectivity index (χ0n) is 11.5. The van der Waals surface area contributed by atoms with Crippen LogP contribution in [-0.4, -0.2) is 26.2 Å². The Kier molecular flexibility index (Phi) is 5.07. The third-order valence-electron chi connectivity index (χ3n) is 3.82. The van der Waals surface area contributed by atoms with Crippen LogP contribution in [0.4, 0.5) is 0 Å².